The van der Waals surface area contributed by atoms with E-state index in [4.69, 9.17) is 11.2 Å². The van der Waals surface area contributed by atoms with Crippen molar-refractivity contribution < 1.29 is 4.74 Å². The molecule has 0 N–H and O–H groups in total. The van der Waals surface area contributed by atoms with E-state index in [0.717, 1.165) is 11.4 Å². The van der Waals surface area contributed by atoms with Crippen molar-refractivity contribution in [3.05, 3.63) is 36.0 Å². The number of para-hydroxylation sites is 1. The lowest BCUT2D eigenvalue weighted by Crippen LogP contribution is -2.03. The fraction of sp³-hybridized carbons (Fsp3) is 0.200. The SMILES string of the molecule is C#CCCOc1nnc2c(n1)c(C)nn2-c1ccccc1. The first kappa shape index (κ1) is 13.1. The van der Waals surface area contributed by atoms with Crippen LogP contribution in [-0.4, -0.2) is 31.6 Å². The van der Waals surface area contributed by atoms with Gasteiger partial charge in [-0.3, -0.25) is 0 Å². The Kier molecular flexibility index (Phi) is 3.48. The van der Waals surface area contributed by atoms with Crippen LogP contribution in [0.3, 0.4) is 0 Å². The molecular weight excluding hydrogens is 266 g/mol. The van der Waals surface area contributed by atoms with Gasteiger partial charge < -0.3 is 4.74 Å². The van der Waals surface area contributed by atoms with Crippen molar-refractivity contribution in [2.24, 2.45) is 0 Å². The van der Waals surface area contributed by atoms with Crippen LogP contribution in [0.2, 0.25) is 0 Å². The molecule has 0 atom stereocenters. The summed E-state index contributed by atoms with van der Waals surface area (Å²) in [6.07, 6.45) is 5.68. The molecule has 2 aromatic heterocycles. The van der Waals surface area contributed by atoms with Gasteiger partial charge >= 0.3 is 6.01 Å². The van der Waals surface area contributed by atoms with E-state index >= 15 is 0 Å². The van der Waals surface area contributed by atoms with Crippen molar-refractivity contribution in [1.82, 2.24) is 25.0 Å². The van der Waals surface area contributed by atoms with Crippen LogP contribution in [0, 0.1) is 19.3 Å². The Morgan fingerprint density at radius 3 is 2.81 bits per heavy atom. The molecule has 1 aromatic carbocycles. The van der Waals surface area contributed by atoms with Gasteiger partial charge in [0.25, 0.3) is 0 Å². The molecule has 0 unspecified atom stereocenters. The highest BCUT2D eigenvalue weighted by Gasteiger charge is 2.13. The van der Waals surface area contributed by atoms with Gasteiger partial charge in [0, 0.05) is 6.42 Å². The van der Waals surface area contributed by atoms with Gasteiger partial charge in [0.2, 0.25) is 5.65 Å². The molecule has 104 valence electrons. The highest BCUT2D eigenvalue weighted by atomic mass is 16.5. The summed E-state index contributed by atoms with van der Waals surface area (Å²) >= 11 is 0. The largest absolute Gasteiger partial charge is 0.461 e. The second-order valence-corrected chi connectivity index (χ2v) is 4.40. The van der Waals surface area contributed by atoms with E-state index in [2.05, 4.69) is 26.2 Å². The Morgan fingerprint density at radius 1 is 1.24 bits per heavy atom. The molecule has 2 heterocycles. The van der Waals surface area contributed by atoms with Gasteiger partial charge in [0.05, 0.1) is 11.4 Å². The standard InChI is InChI=1S/C15H13N5O/c1-3-4-10-21-15-16-13-11(2)19-20(14(13)17-18-15)12-8-6-5-7-9-12/h1,5-9H,4,10H2,2H3. The third-order valence-electron chi connectivity index (χ3n) is 2.92. The molecule has 0 aliphatic heterocycles. The number of terminal acetylenes is 1. The summed E-state index contributed by atoms with van der Waals surface area (Å²) in [7, 11) is 0. The molecule has 0 spiro atoms. The Bertz CT molecular complexity index is 804. The highest BCUT2D eigenvalue weighted by molar-refractivity contribution is 5.74. The van der Waals surface area contributed by atoms with E-state index in [1.165, 1.54) is 0 Å². The molecule has 0 fully saturated rings. The normalized spacial score (nSPS) is 10.5. The van der Waals surface area contributed by atoms with Crippen molar-refractivity contribution >= 4 is 11.2 Å². The number of aryl methyl sites for hydroxylation is 1. The van der Waals surface area contributed by atoms with E-state index in [-0.39, 0.29) is 6.01 Å². The van der Waals surface area contributed by atoms with Crippen LogP contribution in [0.25, 0.3) is 16.9 Å². The molecule has 0 amide bonds. The van der Waals surface area contributed by atoms with Crippen molar-refractivity contribution in [2.75, 3.05) is 6.61 Å². The van der Waals surface area contributed by atoms with Gasteiger partial charge in [-0.25, -0.2) is 4.68 Å². The molecule has 6 nitrogen and oxygen atoms in total. The average molecular weight is 279 g/mol. The van der Waals surface area contributed by atoms with E-state index in [0.29, 0.717) is 24.2 Å². The Labute approximate surface area is 121 Å². The van der Waals surface area contributed by atoms with Crippen LogP contribution in [0.1, 0.15) is 12.1 Å². The number of aromatic nitrogens is 5. The van der Waals surface area contributed by atoms with Crippen molar-refractivity contribution in [2.45, 2.75) is 13.3 Å². The maximum Gasteiger partial charge on any atom is 0.336 e. The number of nitrogens with zero attached hydrogens (tertiary/aromatic N) is 5. The smallest absolute Gasteiger partial charge is 0.336 e. The zero-order chi connectivity index (χ0) is 14.7. The lowest BCUT2D eigenvalue weighted by molar-refractivity contribution is 0.298. The predicted molar refractivity (Wildman–Crippen MR) is 78.1 cm³/mol. The molecular formula is C15H13N5O. The van der Waals surface area contributed by atoms with Crippen LogP contribution >= 0.6 is 0 Å². The number of rotatable bonds is 4. The zero-order valence-electron chi connectivity index (χ0n) is 11.5. The van der Waals surface area contributed by atoms with Crippen LogP contribution in [0.5, 0.6) is 6.01 Å². The molecule has 3 rings (SSSR count). The number of ether oxygens (including phenoxy) is 1. The number of hydrogen-bond acceptors (Lipinski definition) is 5. The lowest BCUT2D eigenvalue weighted by atomic mass is 10.3. The van der Waals surface area contributed by atoms with E-state index < -0.39 is 0 Å². The maximum absolute atomic E-state index is 5.36. The van der Waals surface area contributed by atoms with Gasteiger partial charge in [-0.1, -0.05) is 23.3 Å². The molecule has 21 heavy (non-hydrogen) atoms. The molecule has 0 aliphatic rings. The van der Waals surface area contributed by atoms with Crippen LogP contribution in [0.15, 0.2) is 30.3 Å². The Hall–Kier alpha value is -2.94. The fourth-order valence-corrected chi connectivity index (χ4v) is 1.95. The Balaban J connectivity index is 2.01. The third kappa shape index (κ3) is 2.54. The molecule has 0 saturated carbocycles. The summed E-state index contributed by atoms with van der Waals surface area (Å²) < 4.78 is 7.08. The first-order valence-corrected chi connectivity index (χ1v) is 6.51. The van der Waals surface area contributed by atoms with Crippen molar-refractivity contribution in [1.29, 1.82) is 0 Å². The highest BCUT2D eigenvalue weighted by Crippen LogP contribution is 2.19. The topological polar surface area (TPSA) is 65.7 Å². The summed E-state index contributed by atoms with van der Waals surface area (Å²) in [5.41, 5.74) is 2.95. The summed E-state index contributed by atoms with van der Waals surface area (Å²) in [4.78, 5) is 4.34. The Morgan fingerprint density at radius 2 is 2.05 bits per heavy atom. The molecule has 0 aliphatic carbocycles. The third-order valence-corrected chi connectivity index (χ3v) is 2.92. The summed E-state index contributed by atoms with van der Waals surface area (Å²) in [6, 6.07) is 9.94. The van der Waals surface area contributed by atoms with Crippen LogP contribution in [0.4, 0.5) is 0 Å². The number of benzene rings is 1. The van der Waals surface area contributed by atoms with Crippen molar-refractivity contribution in [3.8, 4) is 24.0 Å². The van der Waals surface area contributed by atoms with Gasteiger partial charge in [-0.15, -0.1) is 17.4 Å². The minimum absolute atomic E-state index is 0.216. The maximum atomic E-state index is 5.36. The van der Waals surface area contributed by atoms with Gasteiger partial charge in [0.1, 0.15) is 12.1 Å². The van der Waals surface area contributed by atoms with Crippen LogP contribution in [-0.2, 0) is 0 Å². The minimum atomic E-state index is 0.216. The zero-order valence-corrected chi connectivity index (χ0v) is 11.5. The van der Waals surface area contributed by atoms with Crippen molar-refractivity contribution in [3.63, 3.8) is 0 Å². The first-order chi connectivity index (χ1) is 10.3. The molecule has 0 bridgehead atoms. The second kappa shape index (κ2) is 5.59. The van der Waals surface area contributed by atoms with Gasteiger partial charge in [0.15, 0.2) is 0 Å². The monoisotopic (exact) mass is 279 g/mol. The molecule has 0 radical (unpaired) electrons. The van der Waals surface area contributed by atoms with Crippen LogP contribution < -0.4 is 4.74 Å². The second-order valence-electron chi connectivity index (χ2n) is 4.40. The predicted octanol–water partition coefficient (Wildman–Crippen LogP) is 1.92. The van der Waals surface area contributed by atoms with E-state index in [1.807, 2.05) is 37.3 Å². The number of fused-ring (bicyclic) bond motifs is 1. The molecule has 0 saturated heterocycles. The average Bonchev–Trinajstić information content (AvgIpc) is 2.85. The summed E-state index contributed by atoms with van der Waals surface area (Å²) in [5, 5.41) is 12.6. The summed E-state index contributed by atoms with van der Waals surface area (Å²) in [6.45, 7) is 2.25. The number of hydrogen-bond donors (Lipinski definition) is 0. The lowest BCUT2D eigenvalue weighted by Gasteiger charge is -2.02. The molecule has 3 aromatic rings. The molecule has 6 heteroatoms. The quantitative estimate of drug-likeness (QED) is 0.539. The van der Waals surface area contributed by atoms with E-state index in [1.54, 1.807) is 4.68 Å². The van der Waals surface area contributed by atoms with Gasteiger partial charge in [-0.05, 0) is 19.1 Å². The first-order valence-electron chi connectivity index (χ1n) is 6.51. The van der Waals surface area contributed by atoms with E-state index in [9.17, 15) is 0 Å². The minimum Gasteiger partial charge on any atom is -0.461 e. The fourth-order valence-electron chi connectivity index (χ4n) is 1.95. The van der Waals surface area contributed by atoms with Gasteiger partial charge in [-0.2, -0.15) is 10.1 Å². The summed E-state index contributed by atoms with van der Waals surface area (Å²) in [5.74, 6) is 2.49.